The fraction of sp³-hybridized carbons (Fsp3) is 0.500. The summed E-state index contributed by atoms with van der Waals surface area (Å²) in [6.07, 6.45) is 4.87. The number of carbonyl (C=O) groups excluding carboxylic acids is 2. The van der Waals surface area contributed by atoms with Gasteiger partial charge in [0.15, 0.2) is 0 Å². The molecule has 0 spiro atoms. The number of aromatic nitrogens is 1. The molecule has 1 aliphatic carbocycles. The summed E-state index contributed by atoms with van der Waals surface area (Å²) >= 11 is 2.54. The molecule has 5 nitrogen and oxygen atoms in total. The molecule has 0 radical (unpaired) electrons. The van der Waals surface area contributed by atoms with E-state index in [-0.39, 0.29) is 22.8 Å². The summed E-state index contributed by atoms with van der Waals surface area (Å²) in [6.45, 7) is 0. The van der Waals surface area contributed by atoms with Crippen molar-refractivity contribution in [1.29, 1.82) is 5.26 Å². The molecule has 0 bridgehead atoms. The van der Waals surface area contributed by atoms with Crippen molar-refractivity contribution >= 4 is 34.5 Å². The first-order valence-electron chi connectivity index (χ1n) is 7.69. The molecule has 1 aromatic heterocycles. The Morgan fingerprint density at radius 3 is 3.04 bits per heavy atom. The molecule has 1 saturated heterocycles. The third-order valence-electron chi connectivity index (χ3n) is 4.00. The highest BCUT2D eigenvalue weighted by Crippen LogP contribution is 2.27. The number of carbonyl (C=O) groups is 2. The van der Waals surface area contributed by atoms with Crippen LogP contribution in [0.3, 0.4) is 0 Å². The van der Waals surface area contributed by atoms with E-state index in [1.807, 2.05) is 6.07 Å². The molecular weight excluding hydrogens is 330 g/mol. The predicted octanol–water partition coefficient (Wildman–Crippen LogP) is 2.07. The standard InChI is InChI=1S/C16H17N3O2S2/c17-8-11-7-10-3-1-2-4-12(10)19-15(11)23-9-14(20)18-13-5-6-22-16(13)21/h7,13H,1-6,9H2,(H,18,20)/t13-/m0/s1. The molecule has 120 valence electrons. The van der Waals surface area contributed by atoms with Crippen molar-refractivity contribution in [3.63, 3.8) is 0 Å². The van der Waals surface area contributed by atoms with Gasteiger partial charge in [0.2, 0.25) is 11.0 Å². The number of nitrogens with zero attached hydrogens (tertiary/aromatic N) is 2. The molecule has 3 rings (SSSR count). The second-order valence-corrected chi connectivity index (χ2v) is 7.69. The van der Waals surface area contributed by atoms with Crippen molar-refractivity contribution < 1.29 is 9.59 Å². The summed E-state index contributed by atoms with van der Waals surface area (Å²) in [6, 6.07) is 3.73. The van der Waals surface area contributed by atoms with Crippen molar-refractivity contribution in [1.82, 2.24) is 10.3 Å². The molecule has 1 aliphatic heterocycles. The van der Waals surface area contributed by atoms with Crippen LogP contribution in [-0.2, 0) is 22.4 Å². The zero-order valence-electron chi connectivity index (χ0n) is 12.6. The van der Waals surface area contributed by atoms with Crippen molar-refractivity contribution in [2.75, 3.05) is 11.5 Å². The fourth-order valence-electron chi connectivity index (χ4n) is 2.80. The summed E-state index contributed by atoms with van der Waals surface area (Å²) in [4.78, 5) is 28.1. The lowest BCUT2D eigenvalue weighted by Gasteiger charge is -2.16. The van der Waals surface area contributed by atoms with E-state index in [2.05, 4.69) is 16.4 Å². The van der Waals surface area contributed by atoms with Gasteiger partial charge in [-0.3, -0.25) is 9.59 Å². The number of hydrogen-bond acceptors (Lipinski definition) is 6. The summed E-state index contributed by atoms with van der Waals surface area (Å²) in [7, 11) is 0. The maximum absolute atomic E-state index is 12.0. The van der Waals surface area contributed by atoms with E-state index in [0.29, 0.717) is 17.0 Å². The first kappa shape index (κ1) is 16.3. The van der Waals surface area contributed by atoms with Crippen LogP contribution in [0.1, 0.15) is 36.1 Å². The quantitative estimate of drug-likeness (QED) is 0.840. The monoisotopic (exact) mass is 347 g/mol. The topological polar surface area (TPSA) is 82.8 Å². The van der Waals surface area contributed by atoms with E-state index in [9.17, 15) is 14.9 Å². The normalized spacial score (nSPS) is 20.0. The molecule has 2 aliphatic rings. The summed E-state index contributed by atoms with van der Waals surface area (Å²) in [5.74, 6) is 0.760. The molecular formula is C16H17N3O2S2. The minimum atomic E-state index is -0.361. The van der Waals surface area contributed by atoms with Gasteiger partial charge in [-0.15, -0.1) is 0 Å². The molecule has 1 amide bonds. The second kappa shape index (κ2) is 7.37. The molecule has 1 atom stereocenters. The van der Waals surface area contributed by atoms with Crippen molar-refractivity contribution in [2.24, 2.45) is 0 Å². The van der Waals surface area contributed by atoms with E-state index < -0.39 is 0 Å². The van der Waals surface area contributed by atoms with Gasteiger partial charge in [0, 0.05) is 11.4 Å². The Morgan fingerprint density at radius 1 is 1.48 bits per heavy atom. The van der Waals surface area contributed by atoms with Crippen LogP contribution in [0.15, 0.2) is 11.1 Å². The van der Waals surface area contributed by atoms with Crippen LogP contribution in [0.5, 0.6) is 0 Å². The van der Waals surface area contributed by atoms with E-state index in [0.717, 1.165) is 42.7 Å². The van der Waals surface area contributed by atoms with Crippen LogP contribution in [0, 0.1) is 11.3 Å². The fourth-order valence-corrected chi connectivity index (χ4v) is 4.52. The lowest BCUT2D eigenvalue weighted by atomic mass is 9.95. The zero-order chi connectivity index (χ0) is 16.2. The number of thioether (sulfide) groups is 2. The van der Waals surface area contributed by atoms with Crippen LogP contribution in [0.4, 0.5) is 0 Å². The van der Waals surface area contributed by atoms with Crippen LogP contribution in [-0.4, -0.2) is 33.6 Å². The molecule has 1 fully saturated rings. The maximum Gasteiger partial charge on any atom is 0.231 e. The Bertz CT molecular complexity index is 685. The van der Waals surface area contributed by atoms with Gasteiger partial charge in [-0.1, -0.05) is 23.5 Å². The Morgan fingerprint density at radius 2 is 2.30 bits per heavy atom. The number of aryl methyl sites for hydroxylation is 2. The van der Waals surface area contributed by atoms with Crippen molar-refractivity contribution in [3.05, 3.63) is 22.9 Å². The third kappa shape index (κ3) is 3.88. The van der Waals surface area contributed by atoms with Crippen LogP contribution in [0.2, 0.25) is 0 Å². The summed E-state index contributed by atoms with van der Waals surface area (Å²) < 4.78 is 0. The molecule has 1 N–H and O–H groups in total. The minimum absolute atomic E-state index is 0.0352. The van der Waals surface area contributed by atoms with E-state index in [1.165, 1.54) is 23.5 Å². The SMILES string of the molecule is N#Cc1cc2c(nc1SCC(=O)N[C@H]1CCSC1=O)CCCC2. The van der Waals surface area contributed by atoms with Crippen LogP contribution >= 0.6 is 23.5 Å². The number of nitrogens with one attached hydrogen (secondary N) is 1. The first-order valence-corrected chi connectivity index (χ1v) is 9.66. The maximum atomic E-state index is 12.0. The smallest absolute Gasteiger partial charge is 0.231 e. The highest BCUT2D eigenvalue weighted by molar-refractivity contribution is 8.14. The van der Waals surface area contributed by atoms with E-state index in [1.54, 1.807) is 0 Å². The van der Waals surface area contributed by atoms with Gasteiger partial charge in [0.05, 0.1) is 17.4 Å². The lowest BCUT2D eigenvalue weighted by Crippen LogP contribution is -2.38. The molecule has 0 aromatic carbocycles. The second-order valence-electron chi connectivity index (χ2n) is 5.63. The van der Waals surface area contributed by atoms with E-state index in [4.69, 9.17) is 0 Å². The predicted molar refractivity (Wildman–Crippen MR) is 90.3 cm³/mol. The third-order valence-corrected chi connectivity index (χ3v) is 6.00. The molecule has 2 heterocycles. The first-order chi connectivity index (χ1) is 11.2. The van der Waals surface area contributed by atoms with Gasteiger partial charge in [-0.2, -0.15) is 5.26 Å². The Balaban J connectivity index is 1.64. The number of pyridine rings is 1. The van der Waals surface area contributed by atoms with Gasteiger partial charge in [0.25, 0.3) is 0 Å². The number of hydrogen-bond donors (Lipinski definition) is 1. The Kier molecular flexibility index (Phi) is 5.23. The van der Waals surface area contributed by atoms with Crippen LogP contribution in [0.25, 0.3) is 0 Å². The number of rotatable bonds is 4. The van der Waals surface area contributed by atoms with Crippen molar-refractivity contribution in [3.8, 4) is 6.07 Å². The number of nitriles is 1. The highest BCUT2D eigenvalue weighted by atomic mass is 32.2. The van der Waals surface area contributed by atoms with Gasteiger partial charge in [0.1, 0.15) is 11.1 Å². The van der Waals surface area contributed by atoms with E-state index >= 15 is 0 Å². The average Bonchev–Trinajstić information content (AvgIpc) is 2.97. The molecule has 23 heavy (non-hydrogen) atoms. The Labute approximate surface area is 143 Å². The minimum Gasteiger partial charge on any atom is -0.345 e. The van der Waals surface area contributed by atoms with Crippen molar-refractivity contribution in [2.45, 2.75) is 43.2 Å². The number of fused-ring (bicyclic) bond motifs is 1. The van der Waals surface area contributed by atoms with Gasteiger partial charge >= 0.3 is 0 Å². The molecule has 0 saturated carbocycles. The molecule has 1 aromatic rings. The van der Waals surface area contributed by atoms with Gasteiger partial charge < -0.3 is 5.32 Å². The number of amides is 1. The summed E-state index contributed by atoms with van der Waals surface area (Å²) in [5.41, 5.74) is 2.76. The molecule has 0 unspecified atom stereocenters. The average molecular weight is 347 g/mol. The van der Waals surface area contributed by atoms with Gasteiger partial charge in [-0.25, -0.2) is 4.98 Å². The lowest BCUT2D eigenvalue weighted by molar-refractivity contribution is -0.122. The largest absolute Gasteiger partial charge is 0.345 e. The molecule has 7 heteroatoms. The summed E-state index contributed by atoms with van der Waals surface area (Å²) in [5, 5.41) is 12.7. The van der Waals surface area contributed by atoms with Crippen LogP contribution < -0.4 is 5.32 Å². The highest BCUT2D eigenvalue weighted by Gasteiger charge is 2.26. The van der Waals surface area contributed by atoms with Gasteiger partial charge in [-0.05, 0) is 43.7 Å². The Hall–Kier alpha value is -1.52. The zero-order valence-corrected chi connectivity index (χ0v) is 14.3.